The third-order valence-corrected chi connectivity index (χ3v) is 4.65. The van der Waals surface area contributed by atoms with Gasteiger partial charge in [0.05, 0.1) is 10.8 Å². The van der Waals surface area contributed by atoms with Crippen molar-refractivity contribution < 1.29 is 19.5 Å². The molecule has 1 fully saturated rings. The van der Waals surface area contributed by atoms with Crippen LogP contribution in [0.4, 0.5) is 0 Å². The summed E-state index contributed by atoms with van der Waals surface area (Å²) in [6, 6.07) is 0. The smallest absolute Gasteiger partial charge is 0.311 e. The van der Waals surface area contributed by atoms with Gasteiger partial charge in [-0.15, -0.1) is 0 Å². The first-order valence-corrected chi connectivity index (χ1v) is 6.84. The minimum Gasteiger partial charge on any atom is -0.481 e. The highest BCUT2D eigenvalue weighted by Crippen LogP contribution is 2.40. The molecule has 1 rings (SSSR count). The van der Waals surface area contributed by atoms with Crippen LogP contribution in [-0.4, -0.2) is 34.3 Å². The molecule has 1 unspecified atom stereocenters. The Hall–Kier alpha value is -1.39. The number of rotatable bonds is 6. The molecule has 1 atom stereocenters. The maximum absolute atomic E-state index is 12.4. The Balaban J connectivity index is 3.00. The summed E-state index contributed by atoms with van der Waals surface area (Å²) in [6.45, 7) is 7.10. The van der Waals surface area contributed by atoms with Crippen LogP contribution in [-0.2, 0) is 14.4 Å². The van der Waals surface area contributed by atoms with Crippen LogP contribution in [0.2, 0.25) is 0 Å². The molecule has 1 aliphatic heterocycles. The molecular weight excluding hydrogens is 246 g/mol. The third-order valence-electron chi connectivity index (χ3n) is 4.65. The topological polar surface area (TPSA) is 74.7 Å². The van der Waals surface area contributed by atoms with E-state index in [9.17, 15) is 19.5 Å². The molecule has 0 aromatic carbocycles. The van der Waals surface area contributed by atoms with Crippen molar-refractivity contribution in [3.05, 3.63) is 0 Å². The average Bonchev–Trinajstić information content (AvgIpc) is 2.62. The largest absolute Gasteiger partial charge is 0.481 e. The summed E-state index contributed by atoms with van der Waals surface area (Å²) in [5.41, 5.74) is -1.69. The first kappa shape index (κ1) is 15.7. The zero-order valence-corrected chi connectivity index (χ0v) is 12.2. The fourth-order valence-corrected chi connectivity index (χ4v) is 2.50. The number of carboxylic acid groups (broad SMARTS) is 1. The highest BCUT2D eigenvalue weighted by molar-refractivity contribution is 6.06. The Morgan fingerprint density at radius 3 is 2.16 bits per heavy atom. The lowest BCUT2D eigenvalue weighted by atomic mass is 9.80. The highest BCUT2D eigenvalue weighted by Gasteiger charge is 2.51. The lowest BCUT2D eigenvalue weighted by molar-refractivity contribution is -0.152. The first-order chi connectivity index (χ1) is 8.76. The van der Waals surface area contributed by atoms with Crippen molar-refractivity contribution in [2.75, 3.05) is 6.54 Å². The average molecular weight is 269 g/mol. The Kier molecular flexibility index (Phi) is 4.38. The van der Waals surface area contributed by atoms with Crippen LogP contribution in [0.25, 0.3) is 0 Å². The fraction of sp³-hybridized carbons (Fsp3) is 0.786. The number of carbonyl (C=O) groups excluding carboxylic acids is 2. The van der Waals surface area contributed by atoms with Crippen LogP contribution in [0.5, 0.6) is 0 Å². The van der Waals surface area contributed by atoms with Crippen molar-refractivity contribution in [3.63, 3.8) is 0 Å². The number of carboxylic acids is 1. The van der Waals surface area contributed by atoms with E-state index in [0.717, 1.165) is 4.90 Å². The molecule has 1 heterocycles. The number of likely N-dealkylation sites (tertiary alicyclic amines) is 1. The predicted octanol–water partition coefficient (Wildman–Crippen LogP) is 2.05. The van der Waals surface area contributed by atoms with Gasteiger partial charge in [-0.25, -0.2) is 0 Å². The normalized spacial score (nSPS) is 21.6. The van der Waals surface area contributed by atoms with E-state index in [-0.39, 0.29) is 24.8 Å². The molecule has 1 aliphatic rings. The molecule has 0 saturated carbocycles. The summed E-state index contributed by atoms with van der Waals surface area (Å²) in [5, 5.41) is 9.26. The summed E-state index contributed by atoms with van der Waals surface area (Å²) in [6.07, 6.45) is 1.81. The second kappa shape index (κ2) is 5.31. The van der Waals surface area contributed by atoms with Gasteiger partial charge in [-0.3, -0.25) is 19.3 Å². The van der Waals surface area contributed by atoms with Gasteiger partial charge < -0.3 is 5.11 Å². The minimum absolute atomic E-state index is 0.0295. The predicted molar refractivity (Wildman–Crippen MR) is 70.4 cm³/mol. The van der Waals surface area contributed by atoms with E-state index < -0.39 is 16.8 Å². The fourth-order valence-electron chi connectivity index (χ4n) is 2.50. The van der Waals surface area contributed by atoms with Crippen molar-refractivity contribution in [1.29, 1.82) is 0 Å². The summed E-state index contributed by atoms with van der Waals surface area (Å²) < 4.78 is 0. The molecule has 0 aliphatic carbocycles. The quantitative estimate of drug-likeness (QED) is 0.749. The second-order valence-corrected chi connectivity index (χ2v) is 5.67. The summed E-state index contributed by atoms with van der Waals surface area (Å²) in [7, 11) is 0. The third kappa shape index (κ3) is 2.51. The molecule has 0 radical (unpaired) electrons. The Labute approximate surface area is 114 Å². The van der Waals surface area contributed by atoms with Gasteiger partial charge in [0.25, 0.3) is 0 Å². The van der Waals surface area contributed by atoms with Gasteiger partial charge >= 0.3 is 5.97 Å². The van der Waals surface area contributed by atoms with Crippen LogP contribution < -0.4 is 0 Å². The van der Waals surface area contributed by atoms with Crippen molar-refractivity contribution in [1.82, 2.24) is 4.90 Å². The van der Waals surface area contributed by atoms with E-state index in [0.29, 0.717) is 19.3 Å². The Morgan fingerprint density at radius 2 is 1.84 bits per heavy atom. The SMILES string of the molecule is CCC(C)(CN1C(=O)CC(CC)(CC)C1=O)C(=O)O. The molecular formula is C14H23NO4. The zero-order chi connectivity index (χ0) is 14.8. The van der Waals surface area contributed by atoms with Crippen LogP contribution in [0.1, 0.15) is 53.4 Å². The Morgan fingerprint density at radius 1 is 1.32 bits per heavy atom. The van der Waals surface area contributed by atoms with E-state index in [2.05, 4.69) is 0 Å². The van der Waals surface area contributed by atoms with Crippen molar-refractivity contribution >= 4 is 17.8 Å². The van der Waals surface area contributed by atoms with Crippen molar-refractivity contribution in [3.8, 4) is 0 Å². The van der Waals surface area contributed by atoms with Gasteiger partial charge in [0.1, 0.15) is 0 Å². The molecule has 0 aromatic rings. The first-order valence-electron chi connectivity index (χ1n) is 6.84. The van der Waals surface area contributed by atoms with Gasteiger partial charge in [0.2, 0.25) is 11.8 Å². The number of hydrogen-bond donors (Lipinski definition) is 1. The van der Waals surface area contributed by atoms with E-state index in [1.165, 1.54) is 0 Å². The molecule has 19 heavy (non-hydrogen) atoms. The number of amides is 2. The number of aliphatic carboxylic acids is 1. The van der Waals surface area contributed by atoms with Gasteiger partial charge in [-0.05, 0) is 26.2 Å². The minimum atomic E-state index is -1.07. The summed E-state index contributed by atoms with van der Waals surface area (Å²) in [5.74, 6) is -1.42. The second-order valence-electron chi connectivity index (χ2n) is 5.67. The van der Waals surface area contributed by atoms with Crippen molar-refractivity contribution in [2.45, 2.75) is 53.4 Å². The monoisotopic (exact) mass is 269 g/mol. The molecule has 5 nitrogen and oxygen atoms in total. The number of hydrogen-bond acceptors (Lipinski definition) is 3. The van der Waals surface area contributed by atoms with E-state index >= 15 is 0 Å². The maximum atomic E-state index is 12.4. The van der Waals surface area contributed by atoms with Crippen LogP contribution in [0.15, 0.2) is 0 Å². The molecule has 0 aromatic heterocycles. The number of carbonyl (C=O) groups is 3. The number of imide groups is 1. The van der Waals surface area contributed by atoms with E-state index in [1.54, 1.807) is 13.8 Å². The summed E-state index contributed by atoms with van der Waals surface area (Å²) >= 11 is 0. The lowest BCUT2D eigenvalue weighted by Crippen LogP contribution is -2.45. The molecule has 1 saturated heterocycles. The molecule has 0 spiro atoms. The summed E-state index contributed by atoms with van der Waals surface area (Å²) in [4.78, 5) is 36.9. The van der Waals surface area contributed by atoms with Gasteiger partial charge in [0, 0.05) is 13.0 Å². The molecule has 0 bridgehead atoms. The lowest BCUT2D eigenvalue weighted by Gasteiger charge is -2.29. The van der Waals surface area contributed by atoms with E-state index in [1.807, 2.05) is 13.8 Å². The van der Waals surface area contributed by atoms with Gasteiger partial charge in [-0.1, -0.05) is 20.8 Å². The molecule has 2 amide bonds. The van der Waals surface area contributed by atoms with Gasteiger partial charge in [-0.2, -0.15) is 0 Å². The highest BCUT2D eigenvalue weighted by atomic mass is 16.4. The van der Waals surface area contributed by atoms with Gasteiger partial charge in [0.15, 0.2) is 0 Å². The molecule has 108 valence electrons. The Bertz CT molecular complexity index is 400. The van der Waals surface area contributed by atoms with E-state index in [4.69, 9.17) is 0 Å². The zero-order valence-electron chi connectivity index (χ0n) is 12.2. The molecule has 5 heteroatoms. The van der Waals surface area contributed by atoms with Crippen molar-refractivity contribution in [2.24, 2.45) is 10.8 Å². The van der Waals surface area contributed by atoms with Crippen LogP contribution >= 0.6 is 0 Å². The maximum Gasteiger partial charge on any atom is 0.311 e. The van der Waals surface area contributed by atoms with Crippen LogP contribution in [0.3, 0.4) is 0 Å². The van der Waals surface area contributed by atoms with Crippen LogP contribution in [0, 0.1) is 10.8 Å². The standard InChI is InChI=1S/C14H23NO4/c1-5-13(4,12(18)19)9-15-10(16)8-14(6-2,7-3)11(15)17/h5-9H2,1-4H3,(H,18,19). The number of nitrogens with zero attached hydrogens (tertiary/aromatic N) is 1. The molecule has 1 N–H and O–H groups in total.